The third-order valence-electron chi connectivity index (χ3n) is 2.51. The standard InChI is InChI=1S/C7H12O2.3C4H10O.Ti/c1-3-4-7(9)5-6(2)8;3*1-2-3-4-5;/h3-5H2,1-2H3;3*5H,2-4H2,1H3;. The largest absolute Gasteiger partial charge is 0.396 e. The Morgan fingerprint density at radius 3 is 1.12 bits per heavy atom. The molecule has 0 aliphatic heterocycles. The summed E-state index contributed by atoms with van der Waals surface area (Å²) >= 11 is 0. The number of ketones is 2. The summed E-state index contributed by atoms with van der Waals surface area (Å²) in [6, 6.07) is 0. The number of carbonyl (C=O) groups excluding carboxylic acids is 2. The smallest absolute Gasteiger partial charge is 0.140 e. The predicted octanol–water partition coefficient (Wildman–Crippen LogP) is 3.67. The monoisotopic (exact) mass is 398 g/mol. The number of hydrogen-bond acceptors (Lipinski definition) is 5. The van der Waals surface area contributed by atoms with Crippen molar-refractivity contribution in [2.75, 3.05) is 19.8 Å². The normalized spacial score (nSPS) is 8.32. The predicted molar refractivity (Wildman–Crippen MR) is 101 cm³/mol. The van der Waals surface area contributed by atoms with Crippen LogP contribution in [0, 0.1) is 0 Å². The van der Waals surface area contributed by atoms with Gasteiger partial charge in [0.1, 0.15) is 11.6 Å². The molecular weight excluding hydrogens is 356 g/mol. The fourth-order valence-corrected chi connectivity index (χ4v) is 1.12. The molecule has 0 spiro atoms. The molecule has 5 nitrogen and oxygen atoms in total. The third-order valence-corrected chi connectivity index (χ3v) is 2.51. The van der Waals surface area contributed by atoms with Crippen LogP contribution in [0.5, 0.6) is 0 Å². The van der Waals surface area contributed by atoms with Crippen LogP contribution in [0.1, 0.15) is 92.4 Å². The zero-order valence-corrected chi connectivity index (χ0v) is 18.7. The molecule has 0 aromatic carbocycles. The van der Waals surface area contributed by atoms with E-state index in [1.54, 1.807) is 0 Å². The van der Waals surface area contributed by atoms with Crippen LogP contribution < -0.4 is 0 Å². The minimum atomic E-state index is -0.0338. The maximum absolute atomic E-state index is 10.6. The Morgan fingerprint density at radius 2 is 1.00 bits per heavy atom. The molecule has 152 valence electrons. The van der Waals surface area contributed by atoms with E-state index in [1.807, 2.05) is 6.92 Å². The second kappa shape index (κ2) is 39.1. The number of Topliss-reactive ketones (excluding diaryl/α,β-unsaturated/α-hetero) is 2. The Hall–Kier alpha value is -0.0657. The van der Waals surface area contributed by atoms with Gasteiger partial charge < -0.3 is 15.3 Å². The van der Waals surface area contributed by atoms with Crippen LogP contribution in [0.25, 0.3) is 0 Å². The van der Waals surface area contributed by atoms with Gasteiger partial charge in [0.05, 0.1) is 6.42 Å². The third kappa shape index (κ3) is 68.8. The van der Waals surface area contributed by atoms with E-state index in [0.29, 0.717) is 26.2 Å². The zero-order chi connectivity index (χ0) is 19.6. The van der Waals surface area contributed by atoms with E-state index in [1.165, 1.54) is 6.92 Å². The summed E-state index contributed by atoms with van der Waals surface area (Å²) in [5, 5.41) is 24.2. The number of unbranched alkanes of at least 4 members (excludes halogenated alkanes) is 3. The first-order chi connectivity index (χ1) is 11.4. The van der Waals surface area contributed by atoms with Crippen molar-refractivity contribution in [3.05, 3.63) is 0 Å². The van der Waals surface area contributed by atoms with E-state index in [2.05, 4.69) is 20.8 Å². The molecule has 0 aromatic heterocycles. The summed E-state index contributed by atoms with van der Waals surface area (Å²) in [4.78, 5) is 20.9. The molecule has 0 saturated carbocycles. The Labute approximate surface area is 170 Å². The fraction of sp³-hybridized carbons (Fsp3) is 0.895. The van der Waals surface area contributed by atoms with Crippen molar-refractivity contribution in [3.63, 3.8) is 0 Å². The van der Waals surface area contributed by atoms with E-state index < -0.39 is 0 Å². The van der Waals surface area contributed by atoms with Gasteiger partial charge in [0.15, 0.2) is 0 Å². The summed E-state index contributed by atoms with van der Waals surface area (Å²) in [7, 11) is 0. The minimum absolute atomic E-state index is 0. The van der Waals surface area contributed by atoms with Crippen LogP contribution >= 0.6 is 0 Å². The molecule has 0 rings (SSSR count). The number of aliphatic hydroxyl groups is 3. The van der Waals surface area contributed by atoms with Crippen LogP contribution in [0.3, 0.4) is 0 Å². The van der Waals surface area contributed by atoms with Gasteiger partial charge in [0.2, 0.25) is 0 Å². The Kier molecular flexibility index (Phi) is 56.3. The van der Waals surface area contributed by atoms with Gasteiger partial charge in [-0.25, -0.2) is 0 Å². The zero-order valence-electron chi connectivity index (χ0n) is 17.1. The van der Waals surface area contributed by atoms with Crippen molar-refractivity contribution in [2.24, 2.45) is 0 Å². The molecule has 0 atom stereocenters. The van der Waals surface area contributed by atoms with Gasteiger partial charge in [-0.15, -0.1) is 0 Å². The molecule has 0 radical (unpaired) electrons. The van der Waals surface area contributed by atoms with Crippen LogP contribution in [0.2, 0.25) is 0 Å². The van der Waals surface area contributed by atoms with E-state index in [0.717, 1.165) is 44.9 Å². The van der Waals surface area contributed by atoms with Crippen molar-refractivity contribution < 1.29 is 46.6 Å². The van der Waals surface area contributed by atoms with Gasteiger partial charge in [-0.3, -0.25) is 9.59 Å². The fourth-order valence-electron chi connectivity index (χ4n) is 1.12. The van der Waals surface area contributed by atoms with E-state index >= 15 is 0 Å². The average molecular weight is 398 g/mol. The summed E-state index contributed by atoms with van der Waals surface area (Å²) in [5.74, 6) is 0.0263. The van der Waals surface area contributed by atoms with Gasteiger partial charge in [0.25, 0.3) is 0 Å². The number of hydrogen-bond donors (Lipinski definition) is 3. The minimum Gasteiger partial charge on any atom is -0.396 e. The first kappa shape index (κ1) is 35.9. The van der Waals surface area contributed by atoms with Crippen LogP contribution in [0.15, 0.2) is 0 Å². The topological polar surface area (TPSA) is 94.8 Å². The first-order valence-corrected chi connectivity index (χ1v) is 9.25. The second-order valence-corrected chi connectivity index (χ2v) is 5.40. The number of carbonyl (C=O) groups is 2. The quantitative estimate of drug-likeness (QED) is 0.386. The summed E-state index contributed by atoms with van der Waals surface area (Å²) in [6.07, 6.45) is 7.61. The van der Waals surface area contributed by atoms with Gasteiger partial charge in [-0.1, -0.05) is 47.0 Å². The van der Waals surface area contributed by atoms with Gasteiger partial charge in [-0.05, 0) is 32.6 Å². The van der Waals surface area contributed by atoms with Crippen LogP contribution in [-0.2, 0) is 31.3 Å². The van der Waals surface area contributed by atoms with Crippen molar-refractivity contribution in [1.82, 2.24) is 0 Å². The maximum Gasteiger partial charge on any atom is 0.140 e. The Balaban J connectivity index is -0.0000000733. The van der Waals surface area contributed by atoms with Crippen molar-refractivity contribution >= 4 is 11.6 Å². The molecule has 0 aromatic rings. The molecular formula is C19H42O5Ti. The van der Waals surface area contributed by atoms with Crippen molar-refractivity contribution in [2.45, 2.75) is 92.4 Å². The molecule has 0 fully saturated rings. The molecule has 6 heteroatoms. The van der Waals surface area contributed by atoms with Crippen molar-refractivity contribution in [1.29, 1.82) is 0 Å². The van der Waals surface area contributed by atoms with Gasteiger partial charge >= 0.3 is 0 Å². The van der Waals surface area contributed by atoms with Crippen LogP contribution in [-0.4, -0.2) is 46.7 Å². The summed E-state index contributed by atoms with van der Waals surface area (Å²) in [6.45, 7) is 10.6. The van der Waals surface area contributed by atoms with E-state index in [4.69, 9.17) is 15.3 Å². The van der Waals surface area contributed by atoms with E-state index in [9.17, 15) is 9.59 Å². The Morgan fingerprint density at radius 1 is 0.680 bits per heavy atom. The summed E-state index contributed by atoms with van der Waals surface area (Å²) < 4.78 is 0. The number of rotatable bonds is 10. The molecule has 0 amide bonds. The molecule has 0 unspecified atom stereocenters. The van der Waals surface area contributed by atoms with Gasteiger partial charge in [0, 0.05) is 48.0 Å². The molecule has 0 saturated heterocycles. The molecule has 0 bridgehead atoms. The molecule has 0 aliphatic carbocycles. The van der Waals surface area contributed by atoms with Gasteiger partial charge in [-0.2, -0.15) is 0 Å². The molecule has 3 N–H and O–H groups in total. The maximum atomic E-state index is 10.6. The van der Waals surface area contributed by atoms with Crippen LogP contribution in [0.4, 0.5) is 0 Å². The molecule has 0 aliphatic rings. The number of aliphatic hydroxyl groups excluding tert-OH is 3. The average Bonchev–Trinajstić information content (AvgIpc) is 2.51. The SMILES string of the molecule is CCCC(=O)CC(C)=O.CCCCO.CCCCO.CCCCO.[Ti]. The molecule has 25 heavy (non-hydrogen) atoms. The summed E-state index contributed by atoms with van der Waals surface area (Å²) in [5.41, 5.74) is 0. The first-order valence-electron chi connectivity index (χ1n) is 9.25. The Bertz CT molecular complexity index is 216. The van der Waals surface area contributed by atoms with E-state index in [-0.39, 0.29) is 39.7 Å². The van der Waals surface area contributed by atoms with Crippen molar-refractivity contribution in [3.8, 4) is 0 Å². The second-order valence-electron chi connectivity index (χ2n) is 5.40. The molecule has 0 heterocycles.